The SMILES string of the molecule is Nc1nc2cc(F)c(C(=O)N3CCO[C@H]4Cc5cc(C(F)(F)F)ccc5[C@H]43)cc2n2cncc12. The highest BCUT2D eigenvalue weighted by molar-refractivity contribution is 5.99. The first kappa shape index (κ1) is 20.8. The zero-order valence-corrected chi connectivity index (χ0v) is 17.5. The molecule has 4 aromatic rings. The van der Waals surface area contributed by atoms with E-state index in [-0.39, 0.29) is 36.5 Å². The number of imidazole rings is 1. The predicted molar refractivity (Wildman–Crippen MR) is 114 cm³/mol. The Kier molecular flexibility index (Phi) is 4.37. The predicted octanol–water partition coefficient (Wildman–Crippen LogP) is 3.76. The molecule has 7 nitrogen and oxygen atoms in total. The first-order chi connectivity index (χ1) is 16.2. The highest BCUT2D eigenvalue weighted by Gasteiger charge is 2.44. The summed E-state index contributed by atoms with van der Waals surface area (Å²) in [5.41, 5.74) is 7.30. The van der Waals surface area contributed by atoms with Crippen molar-refractivity contribution in [1.29, 1.82) is 0 Å². The van der Waals surface area contributed by atoms with Gasteiger partial charge in [0, 0.05) is 19.0 Å². The number of morpholine rings is 1. The smallest absolute Gasteiger partial charge is 0.382 e. The van der Waals surface area contributed by atoms with Crippen molar-refractivity contribution in [2.45, 2.75) is 24.7 Å². The number of alkyl halides is 3. The molecule has 0 bridgehead atoms. The van der Waals surface area contributed by atoms with Gasteiger partial charge < -0.3 is 15.4 Å². The molecule has 34 heavy (non-hydrogen) atoms. The molecule has 174 valence electrons. The molecular formula is C23H17F4N5O2. The summed E-state index contributed by atoms with van der Waals surface area (Å²) in [6.07, 6.45) is -1.71. The van der Waals surface area contributed by atoms with Crippen molar-refractivity contribution < 1.29 is 27.1 Å². The monoisotopic (exact) mass is 471 g/mol. The summed E-state index contributed by atoms with van der Waals surface area (Å²) in [4.78, 5) is 23.3. The van der Waals surface area contributed by atoms with Gasteiger partial charge in [-0.2, -0.15) is 13.2 Å². The fourth-order valence-corrected chi connectivity index (χ4v) is 4.98. The minimum Gasteiger partial charge on any atom is -0.382 e. The summed E-state index contributed by atoms with van der Waals surface area (Å²) < 4.78 is 62.0. The number of aromatic nitrogens is 3. The van der Waals surface area contributed by atoms with Crippen molar-refractivity contribution in [3.8, 4) is 0 Å². The molecule has 2 aromatic heterocycles. The third kappa shape index (κ3) is 3.03. The number of hydrogen-bond donors (Lipinski definition) is 1. The van der Waals surface area contributed by atoms with Crippen LogP contribution in [0.2, 0.25) is 0 Å². The molecule has 2 atom stereocenters. The molecule has 11 heteroatoms. The molecule has 1 aliphatic heterocycles. The maximum atomic E-state index is 15.1. The molecule has 1 aliphatic carbocycles. The van der Waals surface area contributed by atoms with E-state index in [1.807, 2.05) is 0 Å². The standard InChI is InChI=1S/C23H17F4N5O2/c24-15-8-16-17(32-10-29-9-18(32)21(28)30-16)7-14(15)22(33)31-3-4-34-19-6-11-5-12(23(25,26)27)1-2-13(11)20(19)31/h1-2,5,7-10,19-20H,3-4,6H2,(H2,28,30)/t19-,20+/m0/s1. The van der Waals surface area contributed by atoms with Gasteiger partial charge in [0.15, 0.2) is 0 Å². The average molecular weight is 471 g/mol. The van der Waals surface area contributed by atoms with E-state index < -0.39 is 35.6 Å². The fourth-order valence-electron chi connectivity index (χ4n) is 4.98. The van der Waals surface area contributed by atoms with Crippen LogP contribution in [0.5, 0.6) is 0 Å². The lowest BCUT2D eigenvalue weighted by molar-refractivity contribution is -0.137. The average Bonchev–Trinajstić information content (AvgIpc) is 3.42. The first-order valence-corrected chi connectivity index (χ1v) is 10.6. The number of anilines is 1. The molecule has 0 radical (unpaired) electrons. The molecule has 1 saturated heterocycles. The molecule has 2 N–H and O–H groups in total. The number of hydrogen-bond acceptors (Lipinski definition) is 5. The van der Waals surface area contributed by atoms with Gasteiger partial charge >= 0.3 is 6.18 Å². The van der Waals surface area contributed by atoms with Crippen LogP contribution < -0.4 is 5.73 Å². The van der Waals surface area contributed by atoms with Crippen molar-refractivity contribution in [2.24, 2.45) is 0 Å². The zero-order chi connectivity index (χ0) is 23.8. The van der Waals surface area contributed by atoms with Crippen LogP contribution >= 0.6 is 0 Å². The van der Waals surface area contributed by atoms with E-state index >= 15 is 4.39 Å². The van der Waals surface area contributed by atoms with Gasteiger partial charge in [0.25, 0.3) is 5.91 Å². The number of nitrogens with zero attached hydrogens (tertiary/aromatic N) is 4. The highest BCUT2D eigenvalue weighted by atomic mass is 19.4. The third-order valence-corrected chi connectivity index (χ3v) is 6.52. The van der Waals surface area contributed by atoms with Gasteiger partial charge in [0.05, 0.1) is 53.4 Å². The summed E-state index contributed by atoms with van der Waals surface area (Å²) in [7, 11) is 0. The number of nitrogens with two attached hydrogens (primary N) is 1. The Hall–Kier alpha value is -3.73. The number of benzene rings is 2. The number of fused-ring (bicyclic) bond motifs is 6. The molecule has 0 saturated carbocycles. The molecule has 3 heterocycles. The summed E-state index contributed by atoms with van der Waals surface area (Å²) in [6.45, 7) is 0.379. The van der Waals surface area contributed by atoms with E-state index in [1.54, 1.807) is 4.40 Å². The van der Waals surface area contributed by atoms with Crippen LogP contribution in [0.25, 0.3) is 16.6 Å². The number of amides is 1. The van der Waals surface area contributed by atoms with Crippen molar-refractivity contribution in [3.63, 3.8) is 0 Å². The number of carbonyl (C=O) groups is 1. The Labute approximate surface area is 189 Å². The molecule has 2 aromatic carbocycles. The lowest BCUT2D eigenvalue weighted by Gasteiger charge is -2.38. The lowest BCUT2D eigenvalue weighted by atomic mass is 10.0. The lowest BCUT2D eigenvalue weighted by Crippen LogP contribution is -2.46. The van der Waals surface area contributed by atoms with Crippen LogP contribution in [0.15, 0.2) is 42.9 Å². The van der Waals surface area contributed by atoms with E-state index in [9.17, 15) is 18.0 Å². The van der Waals surface area contributed by atoms with E-state index in [2.05, 4.69) is 9.97 Å². The van der Waals surface area contributed by atoms with E-state index in [1.165, 1.54) is 29.6 Å². The fraction of sp³-hybridized carbons (Fsp3) is 0.261. The van der Waals surface area contributed by atoms with Gasteiger partial charge in [-0.15, -0.1) is 0 Å². The normalized spacial score (nSPS) is 20.1. The number of rotatable bonds is 1. The second kappa shape index (κ2) is 7.13. The van der Waals surface area contributed by atoms with Crippen molar-refractivity contribution >= 4 is 28.3 Å². The second-order valence-electron chi connectivity index (χ2n) is 8.43. The second-order valence-corrected chi connectivity index (χ2v) is 8.43. The minimum atomic E-state index is -4.47. The van der Waals surface area contributed by atoms with E-state index in [0.29, 0.717) is 22.2 Å². The minimum absolute atomic E-state index is 0.171. The summed E-state index contributed by atoms with van der Waals surface area (Å²) >= 11 is 0. The molecule has 0 spiro atoms. The Balaban J connectivity index is 1.43. The van der Waals surface area contributed by atoms with Gasteiger partial charge in [-0.1, -0.05) is 6.07 Å². The molecule has 2 aliphatic rings. The number of nitrogen functional groups attached to an aromatic ring is 1. The van der Waals surface area contributed by atoms with Crippen molar-refractivity contribution in [2.75, 3.05) is 18.9 Å². The number of carbonyl (C=O) groups excluding carboxylic acids is 1. The van der Waals surface area contributed by atoms with Crippen LogP contribution in [-0.4, -0.2) is 44.4 Å². The third-order valence-electron chi connectivity index (χ3n) is 6.52. The topological polar surface area (TPSA) is 85.8 Å². The number of ether oxygens (including phenoxy) is 1. The maximum absolute atomic E-state index is 15.1. The van der Waals surface area contributed by atoms with Gasteiger partial charge in [-0.25, -0.2) is 14.4 Å². The summed E-state index contributed by atoms with van der Waals surface area (Å²) in [6, 6.07) is 5.43. The Morgan fingerprint density at radius 2 is 2.00 bits per heavy atom. The molecule has 1 amide bonds. The van der Waals surface area contributed by atoms with Crippen LogP contribution in [0.1, 0.15) is 33.1 Å². The largest absolute Gasteiger partial charge is 0.416 e. The van der Waals surface area contributed by atoms with E-state index in [0.717, 1.165) is 18.2 Å². The van der Waals surface area contributed by atoms with Gasteiger partial charge in [0.2, 0.25) is 0 Å². The zero-order valence-electron chi connectivity index (χ0n) is 17.5. The van der Waals surface area contributed by atoms with Gasteiger partial charge in [-0.3, -0.25) is 9.20 Å². The van der Waals surface area contributed by atoms with Crippen LogP contribution in [-0.2, 0) is 17.3 Å². The Morgan fingerprint density at radius 3 is 2.79 bits per heavy atom. The van der Waals surface area contributed by atoms with Crippen molar-refractivity contribution in [1.82, 2.24) is 19.3 Å². The first-order valence-electron chi connectivity index (χ1n) is 10.6. The molecule has 1 fully saturated rings. The highest BCUT2D eigenvalue weighted by Crippen LogP contribution is 2.43. The Bertz CT molecular complexity index is 1480. The molecular weight excluding hydrogens is 454 g/mol. The summed E-state index contributed by atoms with van der Waals surface area (Å²) in [5, 5.41) is 0. The quantitative estimate of drug-likeness (QED) is 0.428. The number of halogens is 4. The molecule has 0 unspecified atom stereocenters. The van der Waals surface area contributed by atoms with Crippen molar-refractivity contribution in [3.05, 3.63) is 70.9 Å². The molecule has 6 rings (SSSR count). The van der Waals surface area contributed by atoms with E-state index in [4.69, 9.17) is 10.5 Å². The van der Waals surface area contributed by atoms with Crippen LogP contribution in [0, 0.1) is 5.82 Å². The maximum Gasteiger partial charge on any atom is 0.416 e. The van der Waals surface area contributed by atoms with Gasteiger partial charge in [0.1, 0.15) is 17.2 Å². The van der Waals surface area contributed by atoms with Gasteiger partial charge in [-0.05, 0) is 29.3 Å². The Morgan fingerprint density at radius 1 is 1.18 bits per heavy atom. The van der Waals surface area contributed by atoms with Crippen LogP contribution in [0.3, 0.4) is 0 Å². The van der Waals surface area contributed by atoms with Crippen LogP contribution in [0.4, 0.5) is 23.4 Å². The summed E-state index contributed by atoms with van der Waals surface area (Å²) in [5.74, 6) is -1.16.